The van der Waals surface area contributed by atoms with Gasteiger partial charge in [0.15, 0.2) is 0 Å². The summed E-state index contributed by atoms with van der Waals surface area (Å²) in [5, 5.41) is 12.2. The van der Waals surface area contributed by atoms with Crippen LogP contribution in [0.1, 0.15) is 62.6 Å². The Morgan fingerprint density at radius 2 is 1.65 bits per heavy atom. The van der Waals surface area contributed by atoms with Gasteiger partial charge in [0.25, 0.3) is 0 Å². The lowest BCUT2D eigenvalue weighted by atomic mass is 9.62. The number of sulfonamides is 1. The van der Waals surface area contributed by atoms with Gasteiger partial charge in [-0.3, -0.25) is 0 Å². The van der Waals surface area contributed by atoms with Crippen LogP contribution in [0.15, 0.2) is 60.7 Å². The van der Waals surface area contributed by atoms with Gasteiger partial charge in [-0.25, -0.2) is 12.7 Å². The molecule has 2 saturated carbocycles. The summed E-state index contributed by atoms with van der Waals surface area (Å²) in [6.07, 6.45) is 8.48. The minimum atomic E-state index is -3.54. The van der Waals surface area contributed by atoms with Gasteiger partial charge < -0.3 is 5.11 Å². The van der Waals surface area contributed by atoms with Crippen LogP contribution in [0.25, 0.3) is 6.08 Å². The second kappa shape index (κ2) is 7.28. The van der Waals surface area contributed by atoms with E-state index in [9.17, 15) is 13.5 Å². The lowest BCUT2D eigenvalue weighted by Crippen LogP contribution is -2.54. The lowest BCUT2D eigenvalue weighted by molar-refractivity contribution is -0.0939. The zero-order valence-electron chi connectivity index (χ0n) is 20.2. The smallest absolute Gasteiger partial charge is 0.214 e. The first-order chi connectivity index (χ1) is 16.1. The van der Waals surface area contributed by atoms with E-state index in [1.807, 2.05) is 30.3 Å². The van der Waals surface area contributed by atoms with Crippen LogP contribution < -0.4 is 0 Å². The van der Waals surface area contributed by atoms with E-state index in [0.29, 0.717) is 25.4 Å². The number of fused-ring (bicyclic) bond motifs is 4. The Hall–Kier alpha value is -1.95. The van der Waals surface area contributed by atoms with Crippen molar-refractivity contribution in [3.8, 4) is 0 Å². The van der Waals surface area contributed by atoms with E-state index < -0.39 is 21.0 Å². The van der Waals surface area contributed by atoms with Gasteiger partial charge in [0.05, 0.1) is 11.4 Å². The minimum absolute atomic E-state index is 0.0221. The van der Waals surface area contributed by atoms with Crippen LogP contribution in [0.5, 0.6) is 0 Å². The standard InChI is InChI=1S/C29H35NO3S/c1-26(2)24-13-15-28(26,29(31,20-24)23-9-4-3-5-10-23)21-34(32,33)30-18-16-27(17-19-30)14-12-22-8-6-7-11-25(22)27/h3-12,14,24,31H,13,15-21H2,1-2H3. The first kappa shape index (κ1) is 22.5. The van der Waals surface area contributed by atoms with E-state index in [2.05, 4.69) is 50.3 Å². The fourth-order valence-corrected chi connectivity index (χ4v) is 10.4. The molecule has 34 heavy (non-hydrogen) atoms. The van der Waals surface area contributed by atoms with Gasteiger partial charge >= 0.3 is 0 Å². The maximum atomic E-state index is 14.0. The molecule has 4 aliphatic rings. The molecular weight excluding hydrogens is 442 g/mol. The molecular formula is C29H35NO3S. The van der Waals surface area contributed by atoms with Gasteiger partial charge in [-0.1, -0.05) is 80.6 Å². The fourth-order valence-electron chi connectivity index (χ4n) is 8.07. The summed E-state index contributed by atoms with van der Waals surface area (Å²) in [5.41, 5.74) is 1.38. The minimum Gasteiger partial charge on any atom is -0.385 e. The molecule has 0 amide bonds. The first-order valence-corrected chi connectivity index (χ1v) is 14.3. The number of allylic oxidation sites excluding steroid dienone is 1. The molecule has 180 valence electrons. The molecule has 6 rings (SSSR count). The summed E-state index contributed by atoms with van der Waals surface area (Å²) in [6.45, 7) is 5.44. The quantitative estimate of drug-likeness (QED) is 0.667. The summed E-state index contributed by atoms with van der Waals surface area (Å²) in [4.78, 5) is 0. The highest BCUT2D eigenvalue weighted by Crippen LogP contribution is 2.73. The fraction of sp³-hybridized carbons (Fsp3) is 0.517. The van der Waals surface area contributed by atoms with E-state index in [1.54, 1.807) is 4.31 Å². The van der Waals surface area contributed by atoms with Crippen molar-refractivity contribution in [2.75, 3.05) is 18.8 Å². The Labute approximate surface area is 203 Å². The number of nitrogens with zero attached hydrogens (tertiary/aromatic N) is 1. The second-order valence-corrected chi connectivity index (χ2v) is 13.7. The van der Waals surface area contributed by atoms with Crippen LogP contribution in [-0.2, 0) is 21.0 Å². The predicted octanol–water partition coefficient (Wildman–Crippen LogP) is 5.09. The largest absolute Gasteiger partial charge is 0.385 e. The van der Waals surface area contributed by atoms with Gasteiger partial charge in [-0.05, 0) is 60.1 Å². The Kier molecular flexibility index (Phi) is 4.82. The Balaban J connectivity index is 1.29. The molecule has 2 aromatic rings. The number of benzene rings is 2. The maximum Gasteiger partial charge on any atom is 0.214 e. The van der Waals surface area contributed by atoms with Crippen molar-refractivity contribution < 1.29 is 13.5 Å². The van der Waals surface area contributed by atoms with Crippen LogP contribution >= 0.6 is 0 Å². The van der Waals surface area contributed by atoms with Gasteiger partial charge in [-0.2, -0.15) is 0 Å². The third-order valence-electron chi connectivity index (χ3n) is 10.3. The van der Waals surface area contributed by atoms with Crippen molar-refractivity contribution in [1.29, 1.82) is 0 Å². The zero-order valence-corrected chi connectivity index (χ0v) is 21.0. The Bertz CT molecular complexity index is 1240. The highest BCUT2D eigenvalue weighted by molar-refractivity contribution is 7.89. The van der Waals surface area contributed by atoms with Crippen molar-refractivity contribution in [3.63, 3.8) is 0 Å². The van der Waals surface area contributed by atoms with Crippen molar-refractivity contribution in [2.45, 2.75) is 57.0 Å². The molecule has 3 aliphatic carbocycles. The molecule has 3 unspecified atom stereocenters. The van der Waals surface area contributed by atoms with E-state index in [-0.39, 0.29) is 16.6 Å². The number of hydrogen-bond donors (Lipinski definition) is 1. The van der Waals surface area contributed by atoms with Crippen LogP contribution in [0, 0.1) is 16.7 Å². The van der Waals surface area contributed by atoms with Gasteiger partial charge in [0.1, 0.15) is 0 Å². The number of hydrogen-bond acceptors (Lipinski definition) is 3. The van der Waals surface area contributed by atoms with E-state index >= 15 is 0 Å². The maximum absolute atomic E-state index is 14.0. The molecule has 5 heteroatoms. The molecule has 1 aliphatic heterocycles. The van der Waals surface area contributed by atoms with Crippen LogP contribution in [-0.4, -0.2) is 36.7 Å². The van der Waals surface area contributed by atoms with Gasteiger partial charge in [0.2, 0.25) is 10.0 Å². The first-order valence-electron chi connectivity index (χ1n) is 12.7. The monoisotopic (exact) mass is 477 g/mol. The van der Waals surface area contributed by atoms with E-state index in [0.717, 1.165) is 31.2 Å². The van der Waals surface area contributed by atoms with E-state index in [1.165, 1.54) is 11.1 Å². The van der Waals surface area contributed by atoms with Crippen LogP contribution in [0.3, 0.4) is 0 Å². The number of rotatable bonds is 4. The molecule has 2 bridgehead atoms. The molecule has 1 saturated heterocycles. The third-order valence-corrected chi connectivity index (χ3v) is 12.3. The van der Waals surface area contributed by atoms with Gasteiger partial charge in [0, 0.05) is 23.9 Å². The second-order valence-electron chi connectivity index (χ2n) is 11.7. The Morgan fingerprint density at radius 3 is 2.35 bits per heavy atom. The number of aliphatic hydroxyl groups is 1. The average molecular weight is 478 g/mol. The summed E-state index contributed by atoms with van der Waals surface area (Å²) in [6, 6.07) is 18.3. The van der Waals surface area contributed by atoms with Crippen LogP contribution in [0.4, 0.5) is 0 Å². The average Bonchev–Trinajstić information content (AvgIpc) is 3.36. The zero-order chi connectivity index (χ0) is 23.8. The molecule has 3 atom stereocenters. The third kappa shape index (κ3) is 2.87. The summed E-state index contributed by atoms with van der Waals surface area (Å²) in [5.74, 6) is 0.353. The highest BCUT2D eigenvalue weighted by Gasteiger charge is 2.72. The molecule has 1 N–H and O–H groups in total. The molecule has 1 spiro atoms. The van der Waals surface area contributed by atoms with Crippen molar-refractivity contribution in [2.24, 2.45) is 16.7 Å². The van der Waals surface area contributed by atoms with Crippen molar-refractivity contribution in [1.82, 2.24) is 4.31 Å². The van der Waals surface area contributed by atoms with Crippen molar-refractivity contribution >= 4 is 16.1 Å². The van der Waals surface area contributed by atoms with Gasteiger partial charge in [-0.15, -0.1) is 0 Å². The van der Waals surface area contributed by atoms with Crippen LogP contribution in [0.2, 0.25) is 0 Å². The number of piperidine rings is 1. The topological polar surface area (TPSA) is 57.6 Å². The molecule has 2 aromatic carbocycles. The summed E-state index contributed by atoms with van der Waals surface area (Å²) in [7, 11) is -3.54. The lowest BCUT2D eigenvalue weighted by Gasteiger charge is -2.49. The SMILES string of the molecule is CC1(C)C2CCC1(CS(=O)(=O)N1CCC3(C=Cc4ccccc43)CC1)C(O)(c1ccccc1)C2. The molecule has 1 heterocycles. The van der Waals surface area contributed by atoms with E-state index in [4.69, 9.17) is 0 Å². The highest BCUT2D eigenvalue weighted by atomic mass is 32.2. The summed E-state index contributed by atoms with van der Waals surface area (Å²) >= 11 is 0. The predicted molar refractivity (Wildman–Crippen MR) is 136 cm³/mol. The Morgan fingerprint density at radius 1 is 0.971 bits per heavy atom. The van der Waals surface area contributed by atoms with Crippen molar-refractivity contribution in [3.05, 3.63) is 77.4 Å². The molecule has 0 radical (unpaired) electrons. The molecule has 4 nitrogen and oxygen atoms in total. The molecule has 0 aromatic heterocycles. The normalized spacial score (nSPS) is 33.4. The molecule has 3 fully saturated rings. The summed E-state index contributed by atoms with van der Waals surface area (Å²) < 4.78 is 29.7.